The first-order chi connectivity index (χ1) is 20.5. The first kappa shape index (κ1) is 31.1. The van der Waals surface area contributed by atoms with Gasteiger partial charge in [0.2, 0.25) is 0 Å². The SMILES string of the molecule is COc1cc(OC)c(NS(=O)(=O)c2ccc(N)cc2)cc1C/C=C/c1ccc(OC)c(NS(=O)(=O)c2ccc(N)cc2)c1. The van der Waals surface area contributed by atoms with Gasteiger partial charge in [-0.2, -0.15) is 0 Å². The number of anilines is 4. The van der Waals surface area contributed by atoms with Crippen molar-refractivity contribution in [2.45, 2.75) is 16.2 Å². The van der Waals surface area contributed by atoms with E-state index in [0.717, 1.165) is 0 Å². The second-order valence-electron chi connectivity index (χ2n) is 9.28. The van der Waals surface area contributed by atoms with Crippen LogP contribution in [0.1, 0.15) is 11.1 Å². The molecule has 0 heterocycles. The molecule has 0 spiro atoms. The summed E-state index contributed by atoms with van der Waals surface area (Å²) in [5.74, 6) is 1.10. The molecular weight excluding hydrogens is 592 g/mol. The van der Waals surface area contributed by atoms with Crippen molar-refractivity contribution in [1.29, 1.82) is 0 Å². The van der Waals surface area contributed by atoms with Gasteiger partial charge in [-0.1, -0.05) is 18.2 Å². The number of benzene rings is 4. The number of sulfonamides is 2. The van der Waals surface area contributed by atoms with Crippen LogP contribution in [0.4, 0.5) is 22.7 Å². The molecule has 0 saturated heterocycles. The summed E-state index contributed by atoms with van der Waals surface area (Å²) in [5.41, 5.74) is 14.1. The highest BCUT2D eigenvalue weighted by Gasteiger charge is 2.19. The maximum atomic E-state index is 13.0. The molecule has 0 aromatic heterocycles. The number of nitrogen functional groups attached to an aromatic ring is 2. The molecule has 226 valence electrons. The van der Waals surface area contributed by atoms with Gasteiger partial charge in [-0.3, -0.25) is 9.44 Å². The van der Waals surface area contributed by atoms with E-state index >= 15 is 0 Å². The van der Waals surface area contributed by atoms with Crippen molar-refractivity contribution >= 4 is 48.9 Å². The van der Waals surface area contributed by atoms with E-state index in [1.54, 1.807) is 36.4 Å². The molecule has 0 aliphatic heterocycles. The molecule has 6 N–H and O–H groups in total. The van der Waals surface area contributed by atoms with Crippen LogP contribution in [0.15, 0.2) is 94.7 Å². The third kappa shape index (κ3) is 7.50. The molecule has 4 aromatic rings. The number of hydrogen-bond acceptors (Lipinski definition) is 9. The van der Waals surface area contributed by atoms with Crippen LogP contribution < -0.4 is 35.1 Å². The van der Waals surface area contributed by atoms with Crippen molar-refractivity contribution in [3.05, 3.63) is 96.1 Å². The van der Waals surface area contributed by atoms with E-state index in [-0.39, 0.29) is 26.9 Å². The molecule has 0 fully saturated rings. The second-order valence-corrected chi connectivity index (χ2v) is 12.6. The molecule has 0 atom stereocenters. The average Bonchev–Trinajstić information content (AvgIpc) is 2.97. The topological polar surface area (TPSA) is 172 Å². The van der Waals surface area contributed by atoms with Gasteiger partial charge in [-0.15, -0.1) is 0 Å². The molecule has 0 aliphatic carbocycles. The van der Waals surface area contributed by atoms with E-state index in [1.165, 1.54) is 69.9 Å². The molecule has 4 rings (SSSR count). The van der Waals surface area contributed by atoms with E-state index in [9.17, 15) is 16.8 Å². The highest BCUT2D eigenvalue weighted by Crippen LogP contribution is 2.35. The average molecular weight is 625 g/mol. The van der Waals surface area contributed by atoms with Crippen molar-refractivity contribution < 1.29 is 31.0 Å². The van der Waals surface area contributed by atoms with Crippen LogP contribution in [-0.2, 0) is 26.5 Å². The van der Waals surface area contributed by atoms with Gasteiger partial charge in [0, 0.05) is 23.0 Å². The van der Waals surface area contributed by atoms with Gasteiger partial charge in [0.05, 0.1) is 42.5 Å². The van der Waals surface area contributed by atoms with Gasteiger partial charge in [0.1, 0.15) is 17.2 Å². The zero-order chi connectivity index (χ0) is 31.2. The molecule has 4 aromatic carbocycles. The van der Waals surface area contributed by atoms with E-state index in [0.29, 0.717) is 40.4 Å². The van der Waals surface area contributed by atoms with Crippen LogP contribution in [-0.4, -0.2) is 38.2 Å². The molecule has 13 heteroatoms. The highest BCUT2D eigenvalue weighted by molar-refractivity contribution is 7.93. The van der Waals surface area contributed by atoms with Crippen molar-refractivity contribution in [2.75, 3.05) is 42.2 Å². The molecule has 0 saturated carbocycles. The maximum absolute atomic E-state index is 13.0. The normalized spacial score (nSPS) is 11.7. The van der Waals surface area contributed by atoms with Crippen LogP contribution in [0.5, 0.6) is 17.2 Å². The molecule has 0 radical (unpaired) electrons. The number of ether oxygens (including phenoxy) is 3. The van der Waals surface area contributed by atoms with Crippen LogP contribution in [0.2, 0.25) is 0 Å². The van der Waals surface area contributed by atoms with Crippen LogP contribution in [0.25, 0.3) is 6.08 Å². The number of rotatable bonds is 12. The molecule has 0 bridgehead atoms. The summed E-state index contributed by atoms with van der Waals surface area (Å²) in [6.07, 6.45) is 3.98. The van der Waals surface area contributed by atoms with Gasteiger partial charge in [0.15, 0.2) is 0 Å². The fourth-order valence-corrected chi connectivity index (χ4v) is 6.26. The Kier molecular flexibility index (Phi) is 9.37. The summed E-state index contributed by atoms with van der Waals surface area (Å²) >= 11 is 0. The summed E-state index contributed by atoms with van der Waals surface area (Å²) in [5, 5.41) is 0. The van der Waals surface area contributed by atoms with Gasteiger partial charge in [-0.25, -0.2) is 16.8 Å². The van der Waals surface area contributed by atoms with E-state index in [4.69, 9.17) is 25.7 Å². The fourth-order valence-electron chi connectivity index (χ4n) is 4.14. The summed E-state index contributed by atoms with van der Waals surface area (Å²) in [6.45, 7) is 0. The van der Waals surface area contributed by atoms with Crippen molar-refractivity contribution in [2.24, 2.45) is 0 Å². The van der Waals surface area contributed by atoms with Crippen molar-refractivity contribution in [3.8, 4) is 17.2 Å². The standard InChI is InChI=1S/C30H32N4O7S2/c1-39-28-16-7-20(17-26(28)33-42(35,36)24-12-8-22(31)9-13-24)5-4-6-21-18-27(30(41-3)19-29(21)40-2)34-43(37,38)25-14-10-23(32)11-15-25/h4-5,7-19,33-34H,6,31-32H2,1-3H3/b5-4+. The number of nitrogens with two attached hydrogens (primary N) is 2. The van der Waals surface area contributed by atoms with Crippen molar-refractivity contribution in [1.82, 2.24) is 0 Å². The Balaban J connectivity index is 1.59. The number of allylic oxidation sites excluding steroid dienone is 1. The quantitative estimate of drug-likeness (QED) is 0.163. The van der Waals surface area contributed by atoms with Gasteiger partial charge in [-0.05, 0) is 78.7 Å². The summed E-state index contributed by atoms with van der Waals surface area (Å²) in [4.78, 5) is 0.0995. The van der Waals surface area contributed by atoms with Crippen LogP contribution in [0, 0.1) is 0 Å². The number of nitrogens with one attached hydrogen (secondary N) is 2. The first-order valence-electron chi connectivity index (χ1n) is 12.8. The first-order valence-corrected chi connectivity index (χ1v) is 15.8. The van der Waals surface area contributed by atoms with E-state index in [2.05, 4.69) is 9.44 Å². The highest BCUT2D eigenvalue weighted by atomic mass is 32.2. The Bertz CT molecular complexity index is 1840. The molecule has 0 aliphatic rings. The zero-order valence-electron chi connectivity index (χ0n) is 23.7. The minimum atomic E-state index is -3.93. The fraction of sp³-hybridized carbons (Fsp3) is 0.133. The van der Waals surface area contributed by atoms with Crippen LogP contribution in [0.3, 0.4) is 0 Å². The van der Waals surface area contributed by atoms with Crippen molar-refractivity contribution in [3.63, 3.8) is 0 Å². The summed E-state index contributed by atoms with van der Waals surface area (Å²) < 4.78 is 73.4. The lowest BCUT2D eigenvalue weighted by molar-refractivity contribution is 0.393. The Morgan fingerprint density at radius 3 is 1.60 bits per heavy atom. The summed E-state index contributed by atoms with van der Waals surface area (Å²) in [6, 6.07) is 20.0. The minimum Gasteiger partial charge on any atom is -0.496 e. The van der Waals surface area contributed by atoms with E-state index in [1.807, 2.05) is 6.08 Å². The van der Waals surface area contributed by atoms with Gasteiger partial charge >= 0.3 is 0 Å². The van der Waals surface area contributed by atoms with Crippen LogP contribution >= 0.6 is 0 Å². The second kappa shape index (κ2) is 13.0. The number of methoxy groups -OCH3 is 3. The summed E-state index contributed by atoms with van der Waals surface area (Å²) in [7, 11) is -3.45. The largest absolute Gasteiger partial charge is 0.496 e. The Morgan fingerprint density at radius 1 is 0.628 bits per heavy atom. The third-order valence-corrected chi connectivity index (χ3v) is 9.11. The predicted octanol–water partition coefficient (Wildman–Crippen LogP) is 4.73. The third-order valence-electron chi connectivity index (χ3n) is 6.34. The number of hydrogen-bond donors (Lipinski definition) is 4. The molecule has 43 heavy (non-hydrogen) atoms. The Hall–Kier alpha value is -4.88. The van der Waals surface area contributed by atoms with Gasteiger partial charge < -0.3 is 25.7 Å². The smallest absolute Gasteiger partial charge is 0.262 e. The minimum absolute atomic E-state index is 0.0448. The Morgan fingerprint density at radius 2 is 1.12 bits per heavy atom. The lowest BCUT2D eigenvalue weighted by Crippen LogP contribution is -2.14. The monoisotopic (exact) mass is 624 g/mol. The lowest BCUT2D eigenvalue weighted by atomic mass is 10.1. The maximum Gasteiger partial charge on any atom is 0.262 e. The Labute approximate surface area is 251 Å². The van der Waals surface area contributed by atoms with Gasteiger partial charge in [0.25, 0.3) is 20.0 Å². The molecule has 11 nitrogen and oxygen atoms in total. The molecule has 0 unspecified atom stereocenters. The lowest BCUT2D eigenvalue weighted by Gasteiger charge is -2.16. The zero-order valence-corrected chi connectivity index (χ0v) is 25.3. The van der Waals surface area contributed by atoms with E-state index < -0.39 is 20.0 Å². The predicted molar refractivity (Wildman–Crippen MR) is 169 cm³/mol. The molecule has 0 amide bonds. The molecular formula is C30H32N4O7S2.